The molecule has 1 aromatic rings. The molecule has 0 radical (unpaired) electrons. The highest BCUT2D eigenvalue weighted by atomic mass is 16.3. The molecule has 0 unspecified atom stereocenters. The maximum absolute atomic E-state index is 9.05. The van der Waals surface area contributed by atoms with Gasteiger partial charge in [0.15, 0.2) is 0 Å². The van der Waals surface area contributed by atoms with Gasteiger partial charge in [0.05, 0.1) is 0 Å². The lowest BCUT2D eigenvalue weighted by Gasteiger charge is -2.04. The summed E-state index contributed by atoms with van der Waals surface area (Å²) in [6, 6.07) is 5.15. The van der Waals surface area contributed by atoms with E-state index < -0.39 is 0 Å². The van der Waals surface area contributed by atoms with E-state index >= 15 is 0 Å². The summed E-state index contributed by atoms with van der Waals surface area (Å²) in [7, 11) is 0. The molecule has 11 heavy (non-hydrogen) atoms. The number of anilines is 1. The summed E-state index contributed by atoms with van der Waals surface area (Å²) >= 11 is 0. The molecule has 0 aromatic heterocycles. The molecule has 2 nitrogen and oxygen atoms in total. The van der Waals surface area contributed by atoms with E-state index in [0.717, 1.165) is 11.3 Å². The lowest BCUT2D eigenvalue weighted by atomic mass is 10.2. The standard InChI is InChI=1S/C9H11NO/c1-3-10-9-5-4-8(11)6-7(9)2/h3-6,10-11H,1H2,2H3. The predicted octanol–water partition coefficient (Wildman–Crippen LogP) is 2.26. The van der Waals surface area contributed by atoms with Crippen LogP contribution in [0, 0.1) is 6.92 Å². The Labute approximate surface area is 66.2 Å². The first-order valence-electron chi connectivity index (χ1n) is 3.41. The van der Waals surface area contributed by atoms with E-state index in [9.17, 15) is 0 Å². The SMILES string of the molecule is C=CNc1ccc(O)cc1C. The molecule has 2 heteroatoms. The number of aromatic hydroxyl groups is 1. The van der Waals surface area contributed by atoms with Crippen molar-refractivity contribution in [1.82, 2.24) is 0 Å². The van der Waals surface area contributed by atoms with Crippen molar-refractivity contribution in [2.45, 2.75) is 6.92 Å². The first-order valence-corrected chi connectivity index (χ1v) is 3.41. The molecular formula is C9H11NO. The van der Waals surface area contributed by atoms with Crippen molar-refractivity contribution in [3.8, 4) is 5.75 Å². The summed E-state index contributed by atoms with van der Waals surface area (Å²) in [5.41, 5.74) is 1.97. The Morgan fingerprint density at radius 3 is 2.82 bits per heavy atom. The average molecular weight is 149 g/mol. The Bertz CT molecular complexity index is 268. The fourth-order valence-corrected chi connectivity index (χ4v) is 0.920. The molecule has 0 saturated heterocycles. The van der Waals surface area contributed by atoms with Gasteiger partial charge in [-0.2, -0.15) is 0 Å². The fourth-order valence-electron chi connectivity index (χ4n) is 0.920. The average Bonchev–Trinajstić information content (AvgIpc) is 1.95. The number of hydrogen-bond donors (Lipinski definition) is 2. The minimum absolute atomic E-state index is 0.289. The third kappa shape index (κ3) is 1.74. The molecule has 2 N–H and O–H groups in total. The Hall–Kier alpha value is -1.44. The smallest absolute Gasteiger partial charge is 0.115 e. The zero-order valence-corrected chi connectivity index (χ0v) is 6.46. The largest absolute Gasteiger partial charge is 0.508 e. The first-order chi connectivity index (χ1) is 5.24. The highest BCUT2D eigenvalue weighted by molar-refractivity contribution is 5.54. The number of phenolic OH excluding ortho intramolecular Hbond substituents is 1. The van der Waals surface area contributed by atoms with Gasteiger partial charge in [0.1, 0.15) is 5.75 Å². The van der Waals surface area contributed by atoms with Crippen LogP contribution < -0.4 is 5.32 Å². The lowest BCUT2D eigenvalue weighted by molar-refractivity contribution is 0.475. The number of benzene rings is 1. The first kappa shape index (κ1) is 7.66. The molecule has 0 aliphatic heterocycles. The van der Waals surface area contributed by atoms with Gasteiger partial charge >= 0.3 is 0 Å². The van der Waals surface area contributed by atoms with Crippen LogP contribution in [-0.2, 0) is 0 Å². The maximum Gasteiger partial charge on any atom is 0.115 e. The number of phenols is 1. The van der Waals surface area contributed by atoms with Crippen LogP contribution in [0.3, 0.4) is 0 Å². The summed E-state index contributed by atoms with van der Waals surface area (Å²) in [4.78, 5) is 0. The van der Waals surface area contributed by atoms with Crippen LogP contribution >= 0.6 is 0 Å². The van der Waals surface area contributed by atoms with Gasteiger partial charge in [-0.15, -0.1) is 0 Å². The zero-order valence-electron chi connectivity index (χ0n) is 6.46. The topological polar surface area (TPSA) is 32.3 Å². The molecule has 1 aromatic carbocycles. The van der Waals surface area contributed by atoms with Crippen molar-refractivity contribution >= 4 is 5.69 Å². The van der Waals surface area contributed by atoms with E-state index in [1.54, 1.807) is 18.3 Å². The summed E-state index contributed by atoms with van der Waals surface area (Å²) in [5.74, 6) is 0.289. The number of aryl methyl sites for hydroxylation is 1. The molecule has 58 valence electrons. The molecule has 1 rings (SSSR count). The van der Waals surface area contributed by atoms with Crippen LogP contribution in [0.4, 0.5) is 5.69 Å². The predicted molar refractivity (Wildman–Crippen MR) is 46.7 cm³/mol. The molecule has 0 atom stereocenters. The Morgan fingerprint density at radius 2 is 2.27 bits per heavy atom. The Balaban J connectivity index is 2.98. The number of hydrogen-bond acceptors (Lipinski definition) is 2. The number of nitrogens with one attached hydrogen (secondary N) is 1. The maximum atomic E-state index is 9.05. The number of rotatable bonds is 2. The van der Waals surface area contributed by atoms with Gasteiger partial charge in [-0.25, -0.2) is 0 Å². The third-order valence-electron chi connectivity index (χ3n) is 1.47. The van der Waals surface area contributed by atoms with Crippen molar-refractivity contribution < 1.29 is 5.11 Å². The molecule has 0 aliphatic rings. The molecule has 0 fully saturated rings. The second-order valence-electron chi connectivity index (χ2n) is 2.35. The summed E-state index contributed by atoms with van der Waals surface area (Å²) < 4.78 is 0. The van der Waals surface area contributed by atoms with Gasteiger partial charge in [0.2, 0.25) is 0 Å². The summed E-state index contributed by atoms with van der Waals surface area (Å²) in [6.45, 7) is 5.47. The molecular weight excluding hydrogens is 138 g/mol. The second kappa shape index (κ2) is 3.10. The van der Waals surface area contributed by atoms with E-state index in [-0.39, 0.29) is 5.75 Å². The highest BCUT2D eigenvalue weighted by Gasteiger charge is 1.95. The van der Waals surface area contributed by atoms with Crippen molar-refractivity contribution in [1.29, 1.82) is 0 Å². The Morgan fingerprint density at radius 1 is 1.55 bits per heavy atom. The van der Waals surface area contributed by atoms with Gasteiger partial charge < -0.3 is 10.4 Å². The van der Waals surface area contributed by atoms with Crippen molar-refractivity contribution in [2.75, 3.05) is 5.32 Å². The van der Waals surface area contributed by atoms with Crippen LogP contribution in [-0.4, -0.2) is 5.11 Å². The van der Waals surface area contributed by atoms with Gasteiger partial charge in [-0.05, 0) is 36.9 Å². The van der Waals surface area contributed by atoms with Gasteiger partial charge in [0.25, 0.3) is 0 Å². The van der Waals surface area contributed by atoms with Gasteiger partial charge in [0, 0.05) is 5.69 Å². The summed E-state index contributed by atoms with van der Waals surface area (Å²) in [6.07, 6.45) is 1.61. The molecule has 0 amide bonds. The van der Waals surface area contributed by atoms with Crippen LogP contribution in [0.5, 0.6) is 5.75 Å². The second-order valence-corrected chi connectivity index (χ2v) is 2.35. The highest BCUT2D eigenvalue weighted by Crippen LogP contribution is 2.19. The zero-order chi connectivity index (χ0) is 8.27. The fraction of sp³-hybridized carbons (Fsp3) is 0.111. The monoisotopic (exact) mass is 149 g/mol. The van der Waals surface area contributed by atoms with Gasteiger partial charge in [-0.3, -0.25) is 0 Å². The van der Waals surface area contributed by atoms with E-state index in [1.165, 1.54) is 0 Å². The van der Waals surface area contributed by atoms with E-state index in [4.69, 9.17) is 5.11 Å². The van der Waals surface area contributed by atoms with Crippen molar-refractivity contribution in [2.24, 2.45) is 0 Å². The van der Waals surface area contributed by atoms with E-state index in [0.29, 0.717) is 0 Å². The Kier molecular flexibility index (Phi) is 2.16. The summed E-state index contributed by atoms with van der Waals surface area (Å²) in [5, 5.41) is 12.0. The van der Waals surface area contributed by atoms with Crippen molar-refractivity contribution in [3.63, 3.8) is 0 Å². The minimum Gasteiger partial charge on any atom is -0.508 e. The van der Waals surface area contributed by atoms with Crippen molar-refractivity contribution in [3.05, 3.63) is 36.5 Å². The third-order valence-corrected chi connectivity index (χ3v) is 1.47. The normalized spacial score (nSPS) is 9.18. The van der Waals surface area contributed by atoms with Crippen LogP contribution in [0.15, 0.2) is 31.0 Å². The van der Waals surface area contributed by atoms with E-state index in [1.807, 2.05) is 13.0 Å². The van der Waals surface area contributed by atoms with Gasteiger partial charge in [-0.1, -0.05) is 6.58 Å². The van der Waals surface area contributed by atoms with Crippen LogP contribution in [0.25, 0.3) is 0 Å². The minimum atomic E-state index is 0.289. The van der Waals surface area contributed by atoms with Crippen LogP contribution in [0.2, 0.25) is 0 Å². The molecule has 0 spiro atoms. The van der Waals surface area contributed by atoms with Crippen LogP contribution in [0.1, 0.15) is 5.56 Å². The quantitative estimate of drug-likeness (QED) is 0.632. The molecule has 0 bridgehead atoms. The molecule has 0 heterocycles. The molecule has 0 saturated carbocycles. The lowest BCUT2D eigenvalue weighted by Crippen LogP contribution is -1.88. The van der Waals surface area contributed by atoms with E-state index in [2.05, 4.69) is 11.9 Å². The molecule has 0 aliphatic carbocycles.